The van der Waals surface area contributed by atoms with Gasteiger partial charge in [-0.25, -0.2) is 14.4 Å². The number of rotatable bonds is 4. The van der Waals surface area contributed by atoms with Gasteiger partial charge in [0.05, 0.1) is 30.0 Å². The van der Waals surface area contributed by atoms with Crippen molar-refractivity contribution in [2.45, 2.75) is 24.5 Å². The minimum absolute atomic E-state index is 0.166. The first-order valence-corrected chi connectivity index (χ1v) is 9.23. The molecular formula is C19H20FN5O2. The summed E-state index contributed by atoms with van der Waals surface area (Å²) in [6.07, 6.45) is 8.16. The van der Waals surface area contributed by atoms with E-state index in [0.717, 1.165) is 38.1 Å². The predicted octanol–water partition coefficient (Wildman–Crippen LogP) is 1.42. The fourth-order valence-corrected chi connectivity index (χ4v) is 4.92. The number of hydrogen-bond donors (Lipinski definition) is 1. The lowest BCUT2D eigenvalue weighted by atomic mass is 9.73. The average Bonchev–Trinajstić information content (AvgIpc) is 3.35. The third kappa shape index (κ3) is 2.75. The van der Waals surface area contributed by atoms with Crippen LogP contribution in [0, 0.1) is 17.7 Å². The lowest BCUT2D eigenvalue weighted by molar-refractivity contribution is 0.0141. The van der Waals surface area contributed by atoms with Crippen molar-refractivity contribution in [1.29, 1.82) is 0 Å². The molecular weight excluding hydrogens is 349 g/mol. The number of nitrogens with zero attached hydrogens (tertiary/aromatic N) is 4. The van der Waals surface area contributed by atoms with Crippen molar-refractivity contribution in [3.05, 3.63) is 48.3 Å². The molecule has 1 N–H and O–H groups in total. The first-order chi connectivity index (χ1) is 13.1. The van der Waals surface area contributed by atoms with Gasteiger partial charge in [0.15, 0.2) is 0 Å². The van der Waals surface area contributed by atoms with Crippen LogP contribution in [0.25, 0.3) is 0 Å². The number of ether oxygens (including phenoxy) is 1. The highest BCUT2D eigenvalue weighted by atomic mass is 19.1. The number of halogens is 1. The molecule has 2 aromatic rings. The molecule has 1 spiro atoms. The second-order valence-corrected chi connectivity index (χ2v) is 7.56. The molecule has 3 aliphatic rings. The fraction of sp³-hybridized carbons (Fsp3) is 0.474. The van der Waals surface area contributed by atoms with E-state index in [0.29, 0.717) is 12.5 Å². The van der Waals surface area contributed by atoms with Gasteiger partial charge in [0.25, 0.3) is 5.91 Å². The molecule has 0 saturated carbocycles. The standard InChI is InChI=1S/C19H20FN5O2/c20-13-6-12(7-21-8-13)17(26)24-9-14-15-10-25(18-22-4-1-5-23-18)11-19(15)3-2-16(14)27-19/h1,4-8,14-16H,2-3,9-11H2,(H,24,26)/t14-,15+,16+,19+/m0/s1. The molecule has 7 nitrogen and oxygen atoms in total. The van der Waals surface area contributed by atoms with E-state index < -0.39 is 5.82 Å². The second kappa shape index (κ2) is 6.23. The molecule has 1 amide bonds. The molecule has 5 rings (SSSR count). The summed E-state index contributed by atoms with van der Waals surface area (Å²) in [6, 6.07) is 3.01. The molecule has 0 unspecified atom stereocenters. The summed E-state index contributed by atoms with van der Waals surface area (Å²) in [4.78, 5) is 27.0. The van der Waals surface area contributed by atoms with Crippen molar-refractivity contribution in [3.63, 3.8) is 0 Å². The van der Waals surface area contributed by atoms with Crippen molar-refractivity contribution >= 4 is 11.9 Å². The molecule has 4 atom stereocenters. The molecule has 0 aliphatic carbocycles. The van der Waals surface area contributed by atoms with Crippen LogP contribution in [0.2, 0.25) is 0 Å². The van der Waals surface area contributed by atoms with Crippen LogP contribution in [0.4, 0.5) is 10.3 Å². The highest BCUT2D eigenvalue weighted by Gasteiger charge is 2.63. The maximum Gasteiger partial charge on any atom is 0.252 e. The molecule has 3 aliphatic heterocycles. The maximum atomic E-state index is 13.3. The normalized spacial score (nSPS) is 31.1. The van der Waals surface area contributed by atoms with Crippen LogP contribution in [0.15, 0.2) is 36.9 Å². The van der Waals surface area contributed by atoms with Crippen molar-refractivity contribution < 1.29 is 13.9 Å². The Morgan fingerprint density at radius 1 is 1.37 bits per heavy atom. The van der Waals surface area contributed by atoms with Gasteiger partial charge in [0, 0.05) is 43.5 Å². The number of hydrogen-bond acceptors (Lipinski definition) is 6. The van der Waals surface area contributed by atoms with Crippen LogP contribution in [0.5, 0.6) is 0 Å². The van der Waals surface area contributed by atoms with Crippen molar-refractivity contribution in [2.24, 2.45) is 11.8 Å². The van der Waals surface area contributed by atoms with Gasteiger partial charge >= 0.3 is 0 Å². The average molecular weight is 369 g/mol. The number of anilines is 1. The zero-order valence-electron chi connectivity index (χ0n) is 14.7. The van der Waals surface area contributed by atoms with Gasteiger partial charge in [-0.15, -0.1) is 0 Å². The topological polar surface area (TPSA) is 80.2 Å². The Morgan fingerprint density at radius 3 is 3.04 bits per heavy atom. The number of fused-ring (bicyclic) bond motifs is 1. The van der Waals surface area contributed by atoms with Crippen molar-refractivity contribution in [2.75, 3.05) is 24.5 Å². The Morgan fingerprint density at radius 2 is 2.22 bits per heavy atom. The van der Waals surface area contributed by atoms with Crippen LogP contribution >= 0.6 is 0 Å². The molecule has 3 saturated heterocycles. The Balaban J connectivity index is 1.29. The molecule has 2 bridgehead atoms. The quantitative estimate of drug-likeness (QED) is 0.878. The van der Waals surface area contributed by atoms with Crippen molar-refractivity contribution in [3.8, 4) is 0 Å². The first kappa shape index (κ1) is 16.6. The summed E-state index contributed by atoms with van der Waals surface area (Å²) in [6.45, 7) is 2.12. The Labute approximate surface area is 156 Å². The van der Waals surface area contributed by atoms with Crippen LogP contribution in [-0.4, -0.2) is 52.2 Å². The third-order valence-corrected chi connectivity index (χ3v) is 6.08. The second-order valence-electron chi connectivity index (χ2n) is 7.56. The molecule has 3 fully saturated rings. The summed E-state index contributed by atoms with van der Waals surface area (Å²) in [7, 11) is 0. The van der Waals surface area contributed by atoms with E-state index in [4.69, 9.17) is 4.74 Å². The maximum absolute atomic E-state index is 13.3. The van der Waals surface area contributed by atoms with E-state index in [1.54, 1.807) is 18.5 Å². The van der Waals surface area contributed by atoms with Crippen LogP contribution in [0.1, 0.15) is 23.2 Å². The van der Waals surface area contributed by atoms with Gasteiger partial charge in [-0.2, -0.15) is 0 Å². The van der Waals surface area contributed by atoms with Gasteiger partial charge in [-0.3, -0.25) is 9.78 Å². The lowest BCUT2D eigenvalue weighted by Gasteiger charge is -2.29. The lowest BCUT2D eigenvalue weighted by Crippen LogP contribution is -2.41. The minimum atomic E-state index is -0.515. The minimum Gasteiger partial charge on any atom is -0.369 e. The SMILES string of the molecule is O=C(NC[C@H]1[C@H]2CN(c3ncccn3)C[C@]23CC[C@H]1O3)c1cncc(F)c1. The summed E-state index contributed by atoms with van der Waals surface area (Å²) in [5.74, 6) is 0.463. The van der Waals surface area contributed by atoms with E-state index in [1.807, 2.05) is 0 Å². The molecule has 27 heavy (non-hydrogen) atoms. The zero-order chi connectivity index (χ0) is 18.4. The molecule has 8 heteroatoms. The summed E-state index contributed by atoms with van der Waals surface area (Å²) in [5.41, 5.74) is 0.0687. The Kier molecular flexibility index (Phi) is 3.82. The van der Waals surface area contributed by atoms with Gasteiger partial charge in [-0.05, 0) is 25.0 Å². The predicted molar refractivity (Wildman–Crippen MR) is 94.6 cm³/mol. The first-order valence-electron chi connectivity index (χ1n) is 9.23. The van der Waals surface area contributed by atoms with Gasteiger partial charge in [0.1, 0.15) is 5.82 Å². The van der Waals surface area contributed by atoms with Gasteiger partial charge in [-0.1, -0.05) is 0 Å². The summed E-state index contributed by atoms with van der Waals surface area (Å²) >= 11 is 0. The Bertz CT molecular complexity index is 866. The smallest absolute Gasteiger partial charge is 0.252 e. The highest BCUT2D eigenvalue weighted by Crippen LogP contribution is 2.54. The number of nitrogens with one attached hydrogen (secondary N) is 1. The van der Waals surface area contributed by atoms with E-state index in [-0.39, 0.29) is 29.1 Å². The van der Waals surface area contributed by atoms with Gasteiger partial charge < -0.3 is 15.0 Å². The van der Waals surface area contributed by atoms with Crippen LogP contribution < -0.4 is 10.2 Å². The molecule has 140 valence electrons. The number of pyridine rings is 1. The Hall–Kier alpha value is -2.61. The van der Waals surface area contributed by atoms with Gasteiger partial charge in [0.2, 0.25) is 5.95 Å². The highest BCUT2D eigenvalue weighted by molar-refractivity contribution is 5.93. The van der Waals surface area contributed by atoms with Crippen LogP contribution in [-0.2, 0) is 4.74 Å². The zero-order valence-corrected chi connectivity index (χ0v) is 14.7. The summed E-state index contributed by atoms with van der Waals surface area (Å²) in [5, 5.41) is 2.94. The number of amides is 1. The largest absolute Gasteiger partial charge is 0.369 e. The molecule has 5 heterocycles. The van der Waals surface area contributed by atoms with Crippen LogP contribution in [0.3, 0.4) is 0 Å². The van der Waals surface area contributed by atoms with E-state index in [1.165, 1.54) is 12.3 Å². The van der Waals surface area contributed by atoms with E-state index >= 15 is 0 Å². The number of carbonyl (C=O) groups excluding carboxylic acids is 1. The number of carbonyl (C=O) groups is 1. The fourth-order valence-electron chi connectivity index (χ4n) is 4.92. The molecule has 0 radical (unpaired) electrons. The third-order valence-electron chi connectivity index (χ3n) is 6.08. The number of aromatic nitrogens is 3. The summed E-state index contributed by atoms with van der Waals surface area (Å²) < 4.78 is 19.7. The molecule has 2 aromatic heterocycles. The van der Waals surface area contributed by atoms with E-state index in [9.17, 15) is 9.18 Å². The molecule has 0 aromatic carbocycles. The van der Waals surface area contributed by atoms with E-state index in [2.05, 4.69) is 25.2 Å². The van der Waals surface area contributed by atoms with Crippen molar-refractivity contribution in [1.82, 2.24) is 20.3 Å². The monoisotopic (exact) mass is 369 g/mol.